The van der Waals surface area contributed by atoms with Gasteiger partial charge in [0, 0.05) is 24.4 Å². The first-order chi connectivity index (χ1) is 16.0. The molecule has 0 unspecified atom stereocenters. The summed E-state index contributed by atoms with van der Waals surface area (Å²) in [4.78, 5) is 19.9. The summed E-state index contributed by atoms with van der Waals surface area (Å²) < 4.78 is 28.3. The number of fused-ring (bicyclic) bond motifs is 1. The topological polar surface area (TPSA) is 70.1 Å². The van der Waals surface area contributed by atoms with Gasteiger partial charge in [-0.25, -0.2) is 13.4 Å². The third kappa shape index (κ3) is 4.28. The number of para-hydroxylation sites is 2. The number of amides is 1. The van der Waals surface area contributed by atoms with Crippen LogP contribution in [0.3, 0.4) is 0 Å². The third-order valence-corrected chi connectivity index (χ3v) is 8.60. The van der Waals surface area contributed by atoms with Gasteiger partial charge in [-0.05, 0) is 54.8 Å². The third-order valence-electron chi connectivity index (χ3n) is 5.73. The Morgan fingerprint density at radius 3 is 2.55 bits per heavy atom. The van der Waals surface area contributed by atoms with E-state index in [2.05, 4.69) is 4.99 Å². The molecule has 8 heteroatoms. The molecule has 168 valence electrons. The van der Waals surface area contributed by atoms with Crippen LogP contribution in [0.5, 0.6) is 0 Å². The number of carbonyl (C=O) groups is 1. The molecule has 0 aromatic heterocycles. The van der Waals surface area contributed by atoms with Gasteiger partial charge in [0.1, 0.15) is 0 Å². The summed E-state index contributed by atoms with van der Waals surface area (Å²) in [5.74, 6) is 0.647. The predicted octanol–water partition coefficient (Wildman–Crippen LogP) is 4.70. The fourth-order valence-corrected chi connectivity index (χ4v) is 6.59. The largest absolute Gasteiger partial charge is 0.287 e. The number of amidine groups is 1. The number of aliphatic imine (C=N–C) groups is 1. The standard InChI is InChI=1S/C25H23N3O3S2/c29-24(27-15-7-17-32-25(27)26-21-10-2-1-3-11-21)20-9-6-12-22(18-20)33(30,31)28-16-14-19-8-4-5-13-23(19)28/h1-6,8-13,18H,7,14-17H2. The first-order valence-electron chi connectivity index (χ1n) is 10.8. The van der Waals surface area contributed by atoms with Gasteiger partial charge < -0.3 is 0 Å². The second-order valence-electron chi connectivity index (χ2n) is 7.87. The van der Waals surface area contributed by atoms with Crippen molar-refractivity contribution in [3.05, 3.63) is 90.0 Å². The molecule has 6 nitrogen and oxygen atoms in total. The lowest BCUT2D eigenvalue weighted by Gasteiger charge is -2.28. The van der Waals surface area contributed by atoms with Gasteiger partial charge in [-0.2, -0.15) is 0 Å². The Balaban J connectivity index is 1.45. The Morgan fingerprint density at radius 2 is 1.70 bits per heavy atom. The van der Waals surface area contributed by atoms with Gasteiger partial charge in [0.15, 0.2) is 5.17 Å². The highest BCUT2D eigenvalue weighted by molar-refractivity contribution is 8.13. The Hall–Kier alpha value is -3.10. The number of hydrogen-bond acceptors (Lipinski definition) is 5. The quantitative estimate of drug-likeness (QED) is 0.546. The summed E-state index contributed by atoms with van der Waals surface area (Å²) in [6.45, 7) is 0.949. The number of thioether (sulfide) groups is 1. The van der Waals surface area contributed by atoms with Crippen molar-refractivity contribution < 1.29 is 13.2 Å². The van der Waals surface area contributed by atoms with Crippen molar-refractivity contribution in [2.24, 2.45) is 4.99 Å². The fraction of sp³-hybridized carbons (Fsp3) is 0.200. The van der Waals surface area contributed by atoms with E-state index in [0.717, 1.165) is 23.4 Å². The summed E-state index contributed by atoms with van der Waals surface area (Å²) in [6, 6.07) is 23.4. The molecule has 33 heavy (non-hydrogen) atoms. The van der Waals surface area contributed by atoms with E-state index in [4.69, 9.17) is 0 Å². The number of rotatable bonds is 4. The van der Waals surface area contributed by atoms with Gasteiger partial charge in [0.2, 0.25) is 0 Å². The van der Waals surface area contributed by atoms with Crippen molar-refractivity contribution in [3.8, 4) is 0 Å². The fourth-order valence-electron chi connectivity index (χ4n) is 4.08. The lowest BCUT2D eigenvalue weighted by Crippen LogP contribution is -2.39. The molecule has 1 saturated heterocycles. The van der Waals surface area contributed by atoms with Crippen LogP contribution in [0.4, 0.5) is 11.4 Å². The molecule has 2 aliphatic heterocycles. The molecule has 0 aliphatic carbocycles. The molecule has 1 amide bonds. The molecule has 3 aromatic rings. The van der Waals surface area contributed by atoms with Crippen molar-refractivity contribution in [2.45, 2.75) is 17.7 Å². The van der Waals surface area contributed by atoms with E-state index in [0.29, 0.717) is 35.9 Å². The van der Waals surface area contributed by atoms with E-state index in [9.17, 15) is 13.2 Å². The van der Waals surface area contributed by atoms with Crippen LogP contribution < -0.4 is 4.31 Å². The molecule has 0 atom stereocenters. The lowest BCUT2D eigenvalue weighted by molar-refractivity contribution is 0.0849. The van der Waals surface area contributed by atoms with Gasteiger partial charge in [-0.1, -0.05) is 54.2 Å². The summed E-state index contributed by atoms with van der Waals surface area (Å²) >= 11 is 1.54. The number of hydrogen-bond donors (Lipinski definition) is 0. The van der Waals surface area contributed by atoms with Crippen molar-refractivity contribution in [3.63, 3.8) is 0 Å². The minimum Gasteiger partial charge on any atom is -0.287 e. The highest BCUT2D eigenvalue weighted by Crippen LogP contribution is 2.33. The molecule has 0 bridgehead atoms. The Bertz CT molecular complexity index is 1320. The molecule has 0 saturated carbocycles. The molecule has 0 spiro atoms. The number of sulfonamides is 1. The zero-order chi connectivity index (χ0) is 22.8. The van der Waals surface area contributed by atoms with Crippen LogP contribution in [-0.2, 0) is 16.4 Å². The van der Waals surface area contributed by atoms with E-state index in [-0.39, 0.29) is 10.8 Å². The van der Waals surface area contributed by atoms with Gasteiger partial charge in [-0.15, -0.1) is 0 Å². The maximum Gasteiger partial charge on any atom is 0.264 e. The summed E-state index contributed by atoms with van der Waals surface area (Å²) in [7, 11) is -3.77. The second kappa shape index (κ2) is 9.03. The Kier molecular flexibility index (Phi) is 5.95. The van der Waals surface area contributed by atoms with Crippen LogP contribution in [0.25, 0.3) is 0 Å². The lowest BCUT2D eigenvalue weighted by atomic mass is 10.2. The van der Waals surface area contributed by atoms with Crippen molar-refractivity contribution in [1.29, 1.82) is 0 Å². The van der Waals surface area contributed by atoms with E-state index < -0.39 is 10.0 Å². The zero-order valence-corrected chi connectivity index (χ0v) is 19.6. The normalized spacial score (nSPS) is 17.3. The van der Waals surface area contributed by atoms with Crippen LogP contribution in [0.1, 0.15) is 22.3 Å². The first-order valence-corrected chi connectivity index (χ1v) is 13.3. The monoisotopic (exact) mass is 477 g/mol. The SMILES string of the molecule is O=C(c1cccc(S(=O)(=O)N2CCc3ccccc32)c1)N1CCCSC1=Nc1ccccc1. The number of carbonyl (C=O) groups excluding carboxylic acids is 1. The maximum absolute atomic E-state index is 13.4. The average Bonchev–Trinajstić information content (AvgIpc) is 3.30. The van der Waals surface area contributed by atoms with Crippen LogP contribution in [0.15, 0.2) is 88.8 Å². The zero-order valence-electron chi connectivity index (χ0n) is 17.9. The van der Waals surface area contributed by atoms with Crippen molar-refractivity contribution in [1.82, 2.24) is 4.90 Å². The van der Waals surface area contributed by atoms with E-state index in [1.165, 1.54) is 10.4 Å². The molecular formula is C25H23N3O3S2. The highest BCUT2D eigenvalue weighted by Gasteiger charge is 2.32. The predicted molar refractivity (Wildman–Crippen MR) is 133 cm³/mol. The number of nitrogens with zero attached hydrogens (tertiary/aromatic N) is 3. The summed E-state index contributed by atoms with van der Waals surface area (Å²) in [5.41, 5.74) is 2.84. The van der Waals surface area contributed by atoms with E-state index in [1.54, 1.807) is 34.9 Å². The smallest absolute Gasteiger partial charge is 0.264 e. The van der Waals surface area contributed by atoms with Crippen LogP contribution in [0.2, 0.25) is 0 Å². The molecule has 0 N–H and O–H groups in total. The minimum atomic E-state index is -3.77. The van der Waals surface area contributed by atoms with Gasteiger partial charge in [-0.3, -0.25) is 14.0 Å². The molecule has 2 aliphatic rings. The van der Waals surface area contributed by atoms with Gasteiger partial charge in [0.05, 0.1) is 16.3 Å². The second-order valence-corrected chi connectivity index (χ2v) is 10.8. The molecule has 0 radical (unpaired) electrons. The Morgan fingerprint density at radius 1 is 0.909 bits per heavy atom. The van der Waals surface area contributed by atoms with Crippen molar-refractivity contribution in [2.75, 3.05) is 23.1 Å². The summed E-state index contributed by atoms with van der Waals surface area (Å²) in [5, 5.41) is 0.638. The average molecular weight is 478 g/mol. The molecule has 1 fully saturated rings. The van der Waals surface area contributed by atoms with Gasteiger partial charge in [0.25, 0.3) is 15.9 Å². The summed E-state index contributed by atoms with van der Waals surface area (Å²) in [6.07, 6.45) is 1.53. The van der Waals surface area contributed by atoms with Crippen LogP contribution in [-0.4, -0.2) is 43.2 Å². The highest BCUT2D eigenvalue weighted by atomic mass is 32.2. The number of anilines is 1. The van der Waals surface area contributed by atoms with E-state index in [1.807, 2.05) is 54.6 Å². The molecule has 3 aromatic carbocycles. The maximum atomic E-state index is 13.4. The molecule has 2 heterocycles. The first kappa shape index (κ1) is 21.7. The minimum absolute atomic E-state index is 0.122. The van der Waals surface area contributed by atoms with Gasteiger partial charge >= 0.3 is 0 Å². The molecule has 5 rings (SSSR count). The van der Waals surface area contributed by atoms with Crippen LogP contribution in [0, 0.1) is 0 Å². The number of benzene rings is 3. The van der Waals surface area contributed by atoms with E-state index >= 15 is 0 Å². The van der Waals surface area contributed by atoms with Crippen LogP contribution >= 0.6 is 11.8 Å². The molecular weight excluding hydrogens is 454 g/mol. The van der Waals surface area contributed by atoms with Crippen molar-refractivity contribution >= 4 is 44.2 Å². The Labute approximate surface area is 198 Å².